The number of hydrogen-bond donors (Lipinski definition) is 1. The molecule has 166 valence electrons. The molecule has 0 fully saturated rings. The average Bonchev–Trinajstić information content (AvgIpc) is 3.12. The first-order valence-corrected chi connectivity index (χ1v) is 11.4. The number of thioether (sulfide) groups is 1. The van der Waals surface area contributed by atoms with Gasteiger partial charge in [0.25, 0.3) is 5.91 Å². The molecule has 5 nitrogen and oxygen atoms in total. The smallest absolute Gasteiger partial charge is 0.283 e. The summed E-state index contributed by atoms with van der Waals surface area (Å²) in [6.45, 7) is 3.94. The van der Waals surface area contributed by atoms with Gasteiger partial charge in [-0.15, -0.1) is 0 Å². The van der Waals surface area contributed by atoms with Gasteiger partial charge in [-0.3, -0.25) is 14.5 Å². The van der Waals surface area contributed by atoms with Crippen LogP contribution in [-0.2, 0) is 9.59 Å². The van der Waals surface area contributed by atoms with Gasteiger partial charge in [-0.1, -0.05) is 54.2 Å². The highest BCUT2D eigenvalue weighted by Gasteiger charge is 2.32. The van der Waals surface area contributed by atoms with Gasteiger partial charge in [0.2, 0.25) is 5.91 Å². The zero-order valence-corrected chi connectivity index (χ0v) is 19.0. The van der Waals surface area contributed by atoms with E-state index in [2.05, 4.69) is 10.3 Å². The molecule has 0 aliphatic carbocycles. The van der Waals surface area contributed by atoms with Gasteiger partial charge in [-0.05, 0) is 66.9 Å². The number of nitrogens with zero attached hydrogens (tertiary/aromatic N) is 2. The summed E-state index contributed by atoms with van der Waals surface area (Å²) in [5.74, 6) is -0.869. The molecule has 0 aromatic heterocycles. The predicted molar refractivity (Wildman–Crippen MR) is 133 cm³/mol. The minimum atomic E-state index is -0.399. The number of carbonyl (C=O) groups is 2. The van der Waals surface area contributed by atoms with Crippen LogP contribution in [0.15, 0.2) is 83.5 Å². The third kappa shape index (κ3) is 5.21. The first-order valence-electron chi connectivity index (χ1n) is 10.4. The van der Waals surface area contributed by atoms with Crippen molar-refractivity contribution < 1.29 is 14.0 Å². The van der Waals surface area contributed by atoms with E-state index in [4.69, 9.17) is 0 Å². The highest BCUT2D eigenvalue weighted by atomic mass is 32.2. The number of hydrogen-bond acceptors (Lipinski definition) is 4. The van der Waals surface area contributed by atoms with E-state index in [9.17, 15) is 14.0 Å². The van der Waals surface area contributed by atoms with Crippen LogP contribution in [0.25, 0.3) is 6.08 Å². The number of benzene rings is 3. The number of nitrogens with one attached hydrogen (secondary N) is 1. The summed E-state index contributed by atoms with van der Waals surface area (Å²) < 4.78 is 13.5. The Bertz CT molecular complexity index is 1250. The lowest BCUT2D eigenvalue weighted by Gasteiger charge is -2.18. The van der Waals surface area contributed by atoms with Crippen molar-refractivity contribution in [3.8, 4) is 0 Å². The summed E-state index contributed by atoms with van der Waals surface area (Å²) in [6.07, 6.45) is 1.70. The second-order valence-corrected chi connectivity index (χ2v) is 8.48. The third-order valence-electron chi connectivity index (χ3n) is 5.23. The molecule has 3 aromatic rings. The van der Waals surface area contributed by atoms with Crippen molar-refractivity contribution in [2.24, 2.45) is 4.99 Å². The fourth-order valence-electron chi connectivity index (χ4n) is 3.32. The zero-order chi connectivity index (χ0) is 23.4. The molecule has 1 N–H and O–H groups in total. The van der Waals surface area contributed by atoms with Crippen LogP contribution < -0.4 is 10.2 Å². The standard InChI is InChI=1S/C26H22FN3O2S/c1-17-7-6-10-22(18(17)2)28-24(31)16-33-26-29-23(15-19-8-4-3-5-9-19)25(32)30(26)21-13-11-20(27)12-14-21/h3-15H,16H2,1-2H3,(H,28,31). The van der Waals surface area contributed by atoms with E-state index in [1.165, 1.54) is 29.2 Å². The van der Waals surface area contributed by atoms with E-state index < -0.39 is 5.82 Å². The van der Waals surface area contributed by atoms with Gasteiger partial charge in [0.15, 0.2) is 5.17 Å². The molecular formula is C26H22FN3O2S. The van der Waals surface area contributed by atoms with Gasteiger partial charge in [0.1, 0.15) is 11.5 Å². The summed E-state index contributed by atoms with van der Waals surface area (Å²) in [5, 5.41) is 3.28. The average molecular weight is 460 g/mol. The SMILES string of the molecule is Cc1cccc(NC(=O)CSC2=NC(=Cc3ccccc3)C(=O)N2c2ccc(F)cc2)c1C. The van der Waals surface area contributed by atoms with Gasteiger partial charge in [0.05, 0.1) is 11.4 Å². The van der Waals surface area contributed by atoms with Crippen LogP contribution in [0.3, 0.4) is 0 Å². The van der Waals surface area contributed by atoms with Crippen LogP contribution in [0.4, 0.5) is 15.8 Å². The maximum atomic E-state index is 13.5. The molecule has 33 heavy (non-hydrogen) atoms. The summed E-state index contributed by atoms with van der Waals surface area (Å²) in [4.78, 5) is 31.7. The quantitative estimate of drug-likeness (QED) is 0.508. The molecule has 7 heteroatoms. The predicted octanol–water partition coefficient (Wildman–Crippen LogP) is 5.56. The number of rotatable bonds is 5. The van der Waals surface area contributed by atoms with Crippen LogP contribution in [0.5, 0.6) is 0 Å². The lowest BCUT2D eigenvalue weighted by molar-refractivity contribution is -0.114. The molecule has 1 aliphatic heterocycles. The van der Waals surface area contributed by atoms with Crippen molar-refractivity contribution in [2.75, 3.05) is 16.0 Å². The topological polar surface area (TPSA) is 61.8 Å². The number of aryl methyl sites for hydroxylation is 1. The Balaban J connectivity index is 1.56. The Hall–Kier alpha value is -3.71. The summed E-state index contributed by atoms with van der Waals surface area (Å²) >= 11 is 1.16. The van der Waals surface area contributed by atoms with E-state index in [1.807, 2.05) is 62.4 Å². The van der Waals surface area contributed by atoms with Crippen LogP contribution in [-0.4, -0.2) is 22.7 Å². The Kier molecular flexibility index (Phi) is 6.70. The molecule has 2 amide bonds. The third-order valence-corrected chi connectivity index (χ3v) is 6.17. The van der Waals surface area contributed by atoms with Crippen LogP contribution in [0, 0.1) is 19.7 Å². The molecule has 0 bridgehead atoms. The van der Waals surface area contributed by atoms with Gasteiger partial charge in [-0.25, -0.2) is 9.38 Å². The lowest BCUT2D eigenvalue weighted by atomic mass is 10.1. The second kappa shape index (κ2) is 9.83. The van der Waals surface area contributed by atoms with Crippen LogP contribution in [0.2, 0.25) is 0 Å². The first-order chi connectivity index (χ1) is 15.9. The maximum Gasteiger partial charge on any atom is 0.283 e. The number of amides is 2. The molecule has 0 saturated heterocycles. The molecule has 3 aromatic carbocycles. The fourth-order valence-corrected chi connectivity index (χ4v) is 4.13. The van der Waals surface area contributed by atoms with Crippen molar-refractivity contribution >= 4 is 46.2 Å². The Morgan fingerprint density at radius 3 is 2.48 bits per heavy atom. The van der Waals surface area contributed by atoms with Gasteiger partial charge < -0.3 is 5.32 Å². The number of carbonyl (C=O) groups excluding carboxylic acids is 2. The molecule has 0 saturated carbocycles. The van der Waals surface area contributed by atoms with Crippen molar-refractivity contribution in [1.29, 1.82) is 0 Å². The highest BCUT2D eigenvalue weighted by molar-refractivity contribution is 8.14. The number of aliphatic imine (C=N–C) groups is 1. The molecule has 0 spiro atoms. The minimum Gasteiger partial charge on any atom is -0.325 e. The summed E-state index contributed by atoms with van der Waals surface area (Å²) in [6, 6.07) is 20.7. The van der Waals surface area contributed by atoms with E-state index in [0.29, 0.717) is 10.9 Å². The van der Waals surface area contributed by atoms with E-state index in [1.54, 1.807) is 6.08 Å². The second-order valence-electron chi connectivity index (χ2n) is 7.54. The monoisotopic (exact) mass is 459 g/mol. The molecule has 4 rings (SSSR count). The normalized spacial score (nSPS) is 14.5. The van der Waals surface area contributed by atoms with Crippen LogP contribution in [0.1, 0.15) is 16.7 Å². The summed E-state index contributed by atoms with van der Waals surface area (Å²) in [7, 11) is 0. The van der Waals surface area contributed by atoms with Crippen molar-refractivity contribution in [3.05, 3.63) is 101 Å². The molecular weight excluding hydrogens is 437 g/mol. The summed E-state index contributed by atoms with van der Waals surface area (Å²) in [5.41, 5.74) is 4.42. The number of amidine groups is 1. The highest BCUT2D eigenvalue weighted by Crippen LogP contribution is 2.30. The number of anilines is 2. The van der Waals surface area contributed by atoms with E-state index in [-0.39, 0.29) is 23.3 Å². The molecule has 1 heterocycles. The van der Waals surface area contributed by atoms with Crippen molar-refractivity contribution in [3.63, 3.8) is 0 Å². The minimum absolute atomic E-state index is 0.0653. The lowest BCUT2D eigenvalue weighted by Crippen LogP contribution is -2.31. The van der Waals surface area contributed by atoms with E-state index >= 15 is 0 Å². The zero-order valence-electron chi connectivity index (χ0n) is 18.2. The first kappa shape index (κ1) is 22.5. The Morgan fingerprint density at radius 2 is 1.76 bits per heavy atom. The van der Waals surface area contributed by atoms with E-state index in [0.717, 1.165) is 34.1 Å². The molecule has 0 unspecified atom stereocenters. The van der Waals surface area contributed by atoms with Crippen LogP contribution >= 0.6 is 11.8 Å². The maximum absolute atomic E-state index is 13.5. The molecule has 0 radical (unpaired) electrons. The Morgan fingerprint density at radius 1 is 1.03 bits per heavy atom. The van der Waals surface area contributed by atoms with Crippen molar-refractivity contribution in [1.82, 2.24) is 0 Å². The van der Waals surface area contributed by atoms with Crippen molar-refractivity contribution in [2.45, 2.75) is 13.8 Å². The molecule has 0 atom stereocenters. The largest absolute Gasteiger partial charge is 0.325 e. The Labute approximate surface area is 196 Å². The van der Waals surface area contributed by atoms with Gasteiger partial charge >= 0.3 is 0 Å². The fraction of sp³-hybridized carbons (Fsp3) is 0.115. The molecule has 1 aliphatic rings. The van der Waals surface area contributed by atoms with Gasteiger partial charge in [-0.2, -0.15) is 0 Å². The van der Waals surface area contributed by atoms with Gasteiger partial charge in [0, 0.05) is 5.69 Å². The number of halogens is 1.